The standard InChI is InChI=1S/C16H18N4/c1-18-11-14-15-4-2-3-9-20(15)16(19-14)13-7-5-12(10-17)6-8-13/h2-9,18H,10-11,17H2,1H3. The van der Waals surface area contributed by atoms with Gasteiger partial charge in [-0.1, -0.05) is 30.3 Å². The Morgan fingerprint density at radius 1 is 1.15 bits per heavy atom. The van der Waals surface area contributed by atoms with E-state index in [1.807, 2.05) is 25.4 Å². The Kier molecular flexibility index (Phi) is 3.50. The van der Waals surface area contributed by atoms with Gasteiger partial charge in [0.15, 0.2) is 0 Å². The normalized spacial score (nSPS) is 11.1. The third-order valence-electron chi connectivity index (χ3n) is 3.42. The Bertz CT molecular complexity index is 713. The van der Waals surface area contributed by atoms with Gasteiger partial charge in [-0.05, 0) is 24.7 Å². The summed E-state index contributed by atoms with van der Waals surface area (Å²) < 4.78 is 2.13. The highest BCUT2D eigenvalue weighted by Crippen LogP contribution is 2.23. The van der Waals surface area contributed by atoms with Gasteiger partial charge in [0.25, 0.3) is 0 Å². The van der Waals surface area contributed by atoms with Gasteiger partial charge in [0.1, 0.15) is 5.82 Å². The summed E-state index contributed by atoms with van der Waals surface area (Å²) in [6, 6.07) is 14.4. The summed E-state index contributed by atoms with van der Waals surface area (Å²) in [6.45, 7) is 1.32. The van der Waals surface area contributed by atoms with E-state index in [9.17, 15) is 0 Å². The molecule has 102 valence electrons. The third-order valence-corrected chi connectivity index (χ3v) is 3.42. The summed E-state index contributed by atoms with van der Waals surface area (Å²) in [5.74, 6) is 0.967. The second-order valence-electron chi connectivity index (χ2n) is 4.77. The van der Waals surface area contributed by atoms with E-state index >= 15 is 0 Å². The zero-order valence-corrected chi connectivity index (χ0v) is 11.5. The lowest BCUT2D eigenvalue weighted by Gasteiger charge is -2.02. The molecule has 0 unspecified atom stereocenters. The second-order valence-corrected chi connectivity index (χ2v) is 4.77. The van der Waals surface area contributed by atoms with Gasteiger partial charge in [0, 0.05) is 24.8 Å². The van der Waals surface area contributed by atoms with Crippen molar-refractivity contribution in [3.8, 4) is 11.4 Å². The summed E-state index contributed by atoms with van der Waals surface area (Å²) in [4.78, 5) is 4.77. The fourth-order valence-electron chi connectivity index (χ4n) is 2.39. The summed E-state index contributed by atoms with van der Waals surface area (Å²) >= 11 is 0. The molecule has 0 radical (unpaired) electrons. The lowest BCUT2D eigenvalue weighted by atomic mass is 10.1. The predicted molar refractivity (Wildman–Crippen MR) is 81.3 cm³/mol. The van der Waals surface area contributed by atoms with Crippen molar-refractivity contribution in [2.45, 2.75) is 13.1 Å². The van der Waals surface area contributed by atoms with Crippen molar-refractivity contribution in [3.63, 3.8) is 0 Å². The van der Waals surface area contributed by atoms with Gasteiger partial charge in [-0.15, -0.1) is 0 Å². The number of nitrogens with two attached hydrogens (primary N) is 1. The SMILES string of the molecule is CNCc1nc(-c2ccc(CN)cc2)n2ccccc12. The van der Waals surface area contributed by atoms with Gasteiger partial charge in [0.05, 0.1) is 11.2 Å². The van der Waals surface area contributed by atoms with Crippen LogP contribution in [0.25, 0.3) is 16.9 Å². The quantitative estimate of drug-likeness (QED) is 0.761. The molecule has 0 aliphatic carbocycles. The molecule has 2 heterocycles. The highest BCUT2D eigenvalue weighted by Gasteiger charge is 2.11. The molecule has 0 fully saturated rings. The second kappa shape index (κ2) is 5.45. The molecule has 2 aromatic heterocycles. The molecule has 0 amide bonds. The first-order valence-corrected chi connectivity index (χ1v) is 6.73. The van der Waals surface area contributed by atoms with E-state index in [0.29, 0.717) is 6.54 Å². The van der Waals surface area contributed by atoms with Gasteiger partial charge in [-0.3, -0.25) is 4.40 Å². The van der Waals surface area contributed by atoms with E-state index in [1.54, 1.807) is 0 Å². The van der Waals surface area contributed by atoms with Crippen molar-refractivity contribution in [1.82, 2.24) is 14.7 Å². The highest BCUT2D eigenvalue weighted by molar-refractivity contribution is 5.65. The maximum atomic E-state index is 5.64. The first kappa shape index (κ1) is 12.8. The maximum absolute atomic E-state index is 5.64. The third kappa shape index (κ3) is 2.19. The van der Waals surface area contributed by atoms with Crippen LogP contribution in [0.15, 0.2) is 48.7 Å². The van der Waals surface area contributed by atoms with E-state index < -0.39 is 0 Å². The van der Waals surface area contributed by atoms with Gasteiger partial charge in [0.2, 0.25) is 0 Å². The number of benzene rings is 1. The Labute approximate surface area is 118 Å². The number of nitrogens with zero attached hydrogens (tertiary/aromatic N) is 2. The molecule has 0 atom stereocenters. The molecule has 3 aromatic rings. The first-order chi connectivity index (χ1) is 9.83. The number of hydrogen-bond acceptors (Lipinski definition) is 3. The van der Waals surface area contributed by atoms with Crippen LogP contribution >= 0.6 is 0 Å². The summed E-state index contributed by atoms with van der Waals surface area (Å²) in [6.07, 6.45) is 2.05. The van der Waals surface area contributed by atoms with Gasteiger partial charge in [-0.2, -0.15) is 0 Å². The minimum atomic E-state index is 0.563. The molecular weight excluding hydrogens is 248 g/mol. The molecule has 4 heteroatoms. The monoisotopic (exact) mass is 266 g/mol. The van der Waals surface area contributed by atoms with E-state index in [-0.39, 0.29) is 0 Å². The maximum Gasteiger partial charge on any atom is 0.144 e. The van der Waals surface area contributed by atoms with Crippen LogP contribution in [0.2, 0.25) is 0 Å². The number of rotatable bonds is 4. The molecule has 0 spiro atoms. The van der Waals surface area contributed by atoms with Gasteiger partial charge in [-0.25, -0.2) is 4.98 Å². The average molecular weight is 266 g/mol. The smallest absolute Gasteiger partial charge is 0.144 e. The summed E-state index contributed by atoms with van der Waals surface area (Å²) in [5.41, 5.74) is 10.1. The summed E-state index contributed by atoms with van der Waals surface area (Å²) in [5, 5.41) is 3.17. The Hall–Kier alpha value is -2.17. The molecule has 3 N–H and O–H groups in total. The predicted octanol–water partition coefficient (Wildman–Crippen LogP) is 2.18. The van der Waals surface area contributed by atoms with Crippen LogP contribution in [0.3, 0.4) is 0 Å². The molecule has 20 heavy (non-hydrogen) atoms. The number of nitrogens with one attached hydrogen (secondary N) is 1. The molecule has 0 aliphatic rings. The number of fused-ring (bicyclic) bond motifs is 1. The average Bonchev–Trinajstić information content (AvgIpc) is 2.87. The van der Waals surface area contributed by atoms with Crippen molar-refractivity contribution in [3.05, 3.63) is 59.9 Å². The number of imidazole rings is 1. The van der Waals surface area contributed by atoms with Crippen LogP contribution in [-0.2, 0) is 13.1 Å². The Morgan fingerprint density at radius 3 is 2.65 bits per heavy atom. The van der Waals surface area contributed by atoms with Crippen LogP contribution in [0.4, 0.5) is 0 Å². The highest BCUT2D eigenvalue weighted by atomic mass is 15.0. The van der Waals surface area contributed by atoms with Crippen molar-refractivity contribution in [1.29, 1.82) is 0 Å². The Morgan fingerprint density at radius 2 is 1.95 bits per heavy atom. The summed E-state index contributed by atoms with van der Waals surface area (Å²) in [7, 11) is 1.93. The van der Waals surface area contributed by atoms with Crippen LogP contribution in [0.5, 0.6) is 0 Å². The van der Waals surface area contributed by atoms with Crippen LogP contribution in [0, 0.1) is 0 Å². The van der Waals surface area contributed by atoms with Gasteiger partial charge >= 0.3 is 0 Å². The number of hydrogen-bond donors (Lipinski definition) is 2. The first-order valence-electron chi connectivity index (χ1n) is 6.73. The molecule has 0 saturated heterocycles. The Balaban J connectivity index is 2.14. The number of pyridine rings is 1. The fourth-order valence-corrected chi connectivity index (χ4v) is 2.39. The van der Waals surface area contributed by atoms with Crippen molar-refractivity contribution in [2.75, 3.05) is 7.05 Å². The van der Waals surface area contributed by atoms with Crippen LogP contribution < -0.4 is 11.1 Å². The largest absolute Gasteiger partial charge is 0.326 e. The van der Waals surface area contributed by atoms with Crippen LogP contribution in [0.1, 0.15) is 11.3 Å². The molecule has 4 nitrogen and oxygen atoms in total. The molecular formula is C16H18N4. The zero-order valence-electron chi connectivity index (χ0n) is 11.5. The zero-order chi connectivity index (χ0) is 13.9. The van der Waals surface area contributed by atoms with E-state index in [1.165, 1.54) is 0 Å². The molecule has 0 aliphatic heterocycles. The van der Waals surface area contributed by atoms with E-state index in [2.05, 4.69) is 40.0 Å². The lowest BCUT2D eigenvalue weighted by molar-refractivity contribution is 0.803. The fraction of sp³-hybridized carbons (Fsp3) is 0.188. The van der Waals surface area contributed by atoms with E-state index in [0.717, 1.165) is 34.7 Å². The van der Waals surface area contributed by atoms with Crippen LogP contribution in [-0.4, -0.2) is 16.4 Å². The van der Waals surface area contributed by atoms with Crippen molar-refractivity contribution < 1.29 is 0 Å². The molecule has 3 rings (SSSR count). The topological polar surface area (TPSA) is 55.3 Å². The van der Waals surface area contributed by atoms with Gasteiger partial charge < -0.3 is 11.1 Å². The van der Waals surface area contributed by atoms with Crippen molar-refractivity contribution in [2.24, 2.45) is 5.73 Å². The molecule has 0 saturated carbocycles. The molecule has 1 aromatic carbocycles. The minimum Gasteiger partial charge on any atom is -0.326 e. The molecule has 0 bridgehead atoms. The lowest BCUT2D eigenvalue weighted by Crippen LogP contribution is -2.05. The van der Waals surface area contributed by atoms with Crippen molar-refractivity contribution >= 4 is 5.52 Å². The van der Waals surface area contributed by atoms with E-state index in [4.69, 9.17) is 10.7 Å². The minimum absolute atomic E-state index is 0.563. The number of aromatic nitrogens is 2.